The molecule has 0 aliphatic rings. The minimum Gasteiger partial charge on any atom is -0.348 e. The Balaban J connectivity index is 1.87. The number of ketones is 1. The fourth-order valence-electron chi connectivity index (χ4n) is 2.96. The molecule has 0 bridgehead atoms. The molecule has 0 saturated carbocycles. The van der Waals surface area contributed by atoms with Crippen LogP contribution in [0.25, 0.3) is 11.0 Å². The smallest absolute Gasteiger partial charge is 0.332 e. The maximum atomic E-state index is 12.8. The lowest BCUT2D eigenvalue weighted by Gasteiger charge is -2.19. The lowest BCUT2D eigenvalue weighted by Crippen LogP contribution is -2.38. The fourth-order valence-corrected chi connectivity index (χ4v) is 3.80. The first-order valence-corrected chi connectivity index (χ1v) is 10.9. The van der Waals surface area contributed by atoms with Crippen molar-refractivity contribution in [1.29, 1.82) is 0 Å². The van der Waals surface area contributed by atoms with Gasteiger partial charge in [0, 0.05) is 25.1 Å². The molecule has 1 aromatic carbocycles. The van der Waals surface area contributed by atoms with Crippen LogP contribution >= 0.6 is 11.8 Å². The van der Waals surface area contributed by atoms with Gasteiger partial charge in [-0.2, -0.15) is 0 Å². The Morgan fingerprint density at radius 2 is 1.69 bits per heavy atom. The number of fused-ring (bicyclic) bond motifs is 1. The van der Waals surface area contributed by atoms with Gasteiger partial charge in [0.1, 0.15) is 16.2 Å². The summed E-state index contributed by atoms with van der Waals surface area (Å²) in [6.45, 7) is 5.63. The Bertz CT molecular complexity index is 1310. The molecule has 1 amide bonds. The van der Waals surface area contributed by atoms with Crippen LogP contribution in [0.5, 0.6) is 0 Å². The minimum absolute atomic E-state index is 0.0518. The number of nitrogens with one attached hydrogen (secondary N) is 1. The molecule has 0 radical (unpaired) electrons. The molecule has 0 unspecified atom stereocenters. The van der Waals surface area contributed by atoms with Crippen LogP contribution in [0.15, 0.2) is 44.9 Å². The zero-order valence-corrected chi connectivity index (χ0v) is 19.4. The predicted octanol–water partition coefficient (Wildman–Crippen LogP) is 1.42. The third-order valence-electron chi connectivity index (χ3n) is 4.82. The zero-order chi connectivity index (χ0) is 23.6. The third-order valence-corrected chi connectivity index (χ3v) is 5.79. The number of aryl methyl sites for hydroxylation is 1. The fraction of sp³-hybridized carbons (Fsp3) is 0.364. The zero-order valence-electron chi connectivity index (χ0n) is 18.6. The van der Waals surface area contributed by atoms with Gasteiger partial charge in [-0.1, -0.05) is 62.9 Å². The van der Waals surface area contributed by atoms with Crippen LogP contribution in [-0.2, 0) is 24.3 Å². The van der Waals surface area contributed by atoms with E-state index < -0.39 is 16.7 Å². The van der Waals surface area contributed by atoms with Crippen molar-refractivity contribution < 1.29 is 9.59 Å². The molecule has 0 aliphatic carbocycles. The van der Waals surface area contributed by atoms with Crippen molar-refractivity contribution in [1.82, 2.24) is 24.4 Å². The van der Waals surface area contributed by atoms with Gasteiger partial charge >= 0.3 is 5.69 Å². The quantitative estimate of drug-likeness (QED) is 0.339. The molecule has 9 nitrogen and oxygen atoms in total. The molecular weight excluding hydrogens is 430 g/mol. The monoisotopic (exact) mass is 455 g/mol. The van der Waals surface area contributed by atoms with Crippen molar-refractivity contribution >= 4 is 34.5 Å². The lowest BCUT2D eigenvalue weighted by molar-refractivity contribution is -0.118. The number of carbonyl (C=O) groups is 2. The lowest BCUT2D eigenvalue weighted by atomic mass is 9.96. The van der Waals surface area contributed by atoms with E-state index in [-0.39, 0.29) is 35.0 Å². The maximum Gasteiger partial charge on any atom is 0.332 e. The topological polar surface area (TPSA) is 116 Å². The van der Waals surface area contributed by atoms with E-state index >= 15 is 0 Å². The molecule has 3 aromatic rings. The van der Waals surface area contributed by atoms with Gasteiger partial charge in [0.2, 0.25) is 5.91 Å². The largest absolute Gasteiger partial charge is 0.348 e. The van der Waals surface area contributed by atoms with E-state index in [9.17, 15) is 19.2 Å². The molecule has 0 spiro atoms. The van der Waals surface area contributed by atoms with Crippen LogP contribution in [0.4, 0.5) is 0 Å². The van der Waals surface area contributed by atoms with Gasteiger partial charge in [0.15, 0.2) is 11.4 Å². The molecule has 0 aliphatic heterocycles. The van der Waals surface area contributed by atoms with Gasteiger partial charge < -0.3 is 5.32 Å². The Labute approximate surface area is 188 Å². The van der Waals surface area contributed by atoms with Crippen molar-refractivity contribution in [2.24, 2.45) is 14.1 Å². The predicted molar refractivity (Wildman–Crippen MR) is 123 cm³/mol. The standard InChI is InChI=1S/C22H25N5O4S/c1-22(2,3)20-24-17-16(19(30)27(5)21(31)26(17)4)18(25-20)32-12-15(29)23-11-14(28)13-9-7-6-8-10-13/h6-10H,11-12H2,1-5H3,(H,23,29). The van der Waals surface area contributed by atoms with Crippen molar-refractivity contribution in [2.45, 2.75) is 31.2 Å². The molecule has 0 atom stereocenters. The highest BCUT2D eigenvalue weighted by Crippen LogP contribution is 2.26. The third kappa shape index (κ3) is 4.80. The number of hydrogen-bond donors (Lipinski definition) is 1. The Hall–Kier alpha value is -3.27. The number of aromatic nitrogens is 4. The number of amides is 1. The summed E-state index contributed by atoms with van der Waals surface area (Å²) in [6, 6.07) is 8.69. The summed E-state index contributed by atoms with van der Waals surface area (Å²) in [5, 5.41) is 3.10. The summed E-state index contributed by atoms with van der Waals surface area (Å²) in [7, 11) is 2.93. The first-order valence-electron chi connectivity index (χ1n) is 9.96. The second-order valence-electron chi connectivity index (χ2n) is 8.36. The number of hydrogen-bond acceptors (Lipinski definition) is 7. The normalized spacial score (nSPS) is 11.5. The first kappa shape index (κ1) is 23.4. The van der Waals surface area contributed by atoms with Crippen LogP contribution < -0.4 is 16.6 Å². The van der Waals surface area contributed by atoms with Crippen LogP contribution in [0.2, 0.25) is 0 Å². The summed E-state index contributed by atoms with van der Waals surface area (Å²) >= 11 is 1.07. The molecule has 168 valence electrons. The first-order chi connectivity index (χ1) is 15.0. The summed E-state index contributed by atoms with van der Waals surface area (Å²) in [5.41, 5.74) is -0.716. The number of rotatable bonds is 6. The number of nitrogens with zero attached hydrogens (tertiary/aromatic N) is 4. The van der Waals surface area contributed by atoms with Crippen LogP contribution in [0.1, 0.15) is 37.0 Å². The highest BCUT2D eigenvalue weighted by Gasteiger charge is 2.24. The average molecular weight is 456 g/mol. The molecule has 0 fully saturated rings. The Morgan fingerprint density at radius 3 is 2.31 bits per heavy atom. The molecular formula is C22H25N5O4S. The van der Waals surface area contributed by atoms with E-state index in [1.807, 2.05) is 26.8 Å². The highest BCUT2D eigenvalue weighted by molar-refractivity contribution is 8.00. The molecule has 32 heavy (non-hydrogen) atoms. The van der Waals surface area contributed by atoms with Crippen molar-refractivity contribution in [2.75, 3.05) is 12.3 Å². The van der Waals surface area contributed by atoms with Gasteiger partial charge in [-0.05, 0) is 0 Å². The Kier molecular flexibility index (Phi) is 6.63. The van der Waals surface area contributed by atoms with Gasteiger partial charge in [-0.15, -0.1) is 0 Å². The van der Waals surface area contributed by atoms with Gasteiger partial charge in [0.05, 0.1) is 12.3 Å². The SMILES string of the molecule is Cn1c(=O)c2c(SCC(=O)NCC(=O)c3ccccc3)nc(C(C)(C)C)nc2n(C)c1=O. The number of thioether (sulfide) groups is 1. The summed E-state index contributed by atoms with van der Waals surface area (Å²) in [5.74, 6) is -0.167. The van der Waals surface area contributed by atoms with Crippen molar-refractivity contribution in [3.05, 3.63) is 62.6 Å². The minimum atomic E-state index is -0.522. The number of benzene rings is 1. The molecule has 0 saturated heterocycles. The van der Waals surface area contributed by atoms with E-state index in [0.717, 1.165) is 16.3 Å². The van der Waals surface area contributed by atoms with Gasteiger partial charge in [0.25, 0.3) is 5.56 Å². The van der Waals surface area contributed by atoms with Crippen molar-refractivity contribution in [3.8, 4) is 0 Å². The van der Waals surface area contributed by atoms with Crippen molar-refractivity contribution in [3.63, 3.8) is 0 Å². The van der Waals surface area contributed by atoms with E-state index in [1.165, 1.54) is 11.6 Å². The van der Waals surface area contributed by atoms with E-state index in [4.69, 9.17) is 0 Å². The number of Topliss-reactive ketones (excluding diaryl/α,β-unsaturated/α-hetero) is 1. The van der Waals surface area contributed by atoms with E-state index in [1.54, 1.807) is 31.3 Å². The van der Waals surface area contributed by atoms with Crippen LogP contribution in [0, 0.1) is 0 Å². The molecule has 2 heterocycles. The van der Waals surface area contributed by atoms with Gasteiger partial charge in [-0.3, -0.25) is 23.5 Å². The second-order valence-corrected chi connectivity index (χ2v) is 9.33. The average Bonchev–Trinajstić information content (AvgIpc) is 2.77. The molecule has 2 aromatic heterocycles. The summed E-state index contributed by atoms with van der Waals surface area (Å²) < 4.78 is 2.29. The van der Waals surface area contributed by atoms with E-state index in [2.05, 4.69) is 15.3 Å². The number of carbonyl (C=O) groups excluding carboxylic acids is 2. The highest BCUT2D eigenvalue weighted by atomic mass is 32.2. The van der Waals surface area contributed by atoms with E-state index in [0.29, 0.717) is 16.4 Å². The molecule has 3 rings (SSSR count). The summed E-state index contributed by atoms with van der Waals surface area (Å²) in [6.07, 6.45) is 0. The van der Waals surface area contributed by atoms with Crippen LogP contribution in [0.3, 0.4) is 0 Å². The molecule has 10 heteroatoms. The van der Waals surface area contributed by atoms with Crippen LogP contribution in [-0.4, -0.2) is 43.1 Å². The molecule has 1 N–H and O–H groups in total. The summed E-state index contributed by atoms with van der Waals surface area (Å²) in [4.78, 5) is 58.7. The second kappa shape index (κ2) is 9.07. The maximum absolute atomic E-state index is 12.8. The van der Waals surface area contributed by atoms with Gasteiger partial charge in [-0.25, -0.2) is 14.8 Å². The Morgan fingerprint density at radius 1 is 1.03 bits per heavy atom.